The Morgan fingerprint density at radius 2 is 1.09 bits per heavy atom. The molecule has 0 spiro atoms. The molecule has 4 N–H and O–H groups in total. The normalized spacial score (nSPS) is 8.18. The molecule has 0 amide bonds. The molecule has 74 valence electrons. The van der Waals surface area contributed by atoms with Crippen LogP contribution in [0.2, 0.25) is 0 Å². The fourth-order valence-electron chi connectivity index (χ4n) is 0. The summed E-state index contributed by atoms with van der Waals surface area (Å²) in [5, 5.41) is 2.00. The first-order valence-corrected chi connectivity index (χ1v) is 3.52. The molecule has 0 aromatic heterocycles. The highest BCUT2D eigenvalue weighted by Crippen LogP contribution is 1.83. The van der Waals surface area contributed by atoms with Crippen LogP contribution in [0.1, 0.15) is 6.92 Å². The van der Waals surface area contributed by atoms with Crippen molar-refractivity contribution >= 4 is 0 Å². The third-order valence-corrected chi connectivity index (χ3v) is 0.949. The number of quaternary nitrogens is 2. The van der Waals surface area contributed by atoms with Crippen LogP contribution in [0.3, 0.4) is 0 Å². The largest absolute Gasteiger partial charge is 0.870 e. The van der Waals surface area contributed by atoms with Crippen LogP contribution < -0.4 is 5.32 Å². The minimum atomic E-state index is 0. The Balaban J connectivity index is -0.0000000437. The molecule has 0 unspecified atom stereocenters. The summed E-state index contributed by atoms with van der Waals surface area (Å²) in [5.74, 6) is 0. The summed E-state index contributed by atoms with van der Waals surface area (Å²) in [6.07, 6.45) is 0. The smallest absolute Gasteiger partial charge is 0.0751 e. The lowest BCUT2D eigenvalue weighted by molar-refractivity contribution is -0.868. The van der Waals surface area contributed by atoms with Gasteiger partial charge in [-0.25, -0.2) is 0 Å². The summed E-state index contributed by atoms with van der Waals surface area (Å²) in [6.45, 7) is 3.39. The number of nitrogens with zero attached hydrogens (tertiary/aromatic N) is 1. The zero-order valence-corrected chi connectivity index (χ0v) is 8.63. The number of nitrogens with two attached hydrogens (primary N) is 1. The van der Waals surface area contributed by atoms with Gasteiger partial charge in [0.25, 0.3) is 0 Å². The van der Waals surface area contributed by atoms with Gasteiger partial charge in [0.1, 0.15) is 0 Å². The van der Waals surface area contributed by atoms with Gasteiger partial charge in [-0.3, -0.25) is 0 Å². The highest BCUT2D eigenvalue weighted by atomic mass is 16.0. The maximum absolute atomic E-state index is 2.18. The van der Waals surface area contributed by atoms with Crippen LogP contribution in [0, 0.1) is 0 Å². The van der Waals surface area contributed by atoms with Crippen LogP contribution in [-0.2, 0) is 0 Å². The van der Waals surface area contributed by atoms with Gasteiger partial charge < -0.3 is 20.8 Å². The molecule has 0 aromatic carbocycles. The van der Waals surface area contributed by atoms with Crippen LogP contribution in [0.5, 0.6) is 0 Å². The minimum Gasteiger partial charge on any atom is -0.870 e. The fourth-order valence-corrected chi connectivity index (χ4v) is 0. The molecule has 11 heavy (non-hydrogen) atoms. The van der Waals surface area contributed by atoms with Gasteiger partial charge in [0.05, 0.1) is 41.8 Å². The number of hydrogen-bond donors (Lipinski definition) is 1. The second-order valence-electron chi connectivity index (χ2n) is 3.18. The molecule has 0 aromatic rings. The van der Waals surface area contributed by atoms with E-state index in [0.29, 0.717) is 0 Å². The minimum absolute atomic E-state index is 0. The summed E-state index contributed by atoms with van der Waals surface area (Å²) in [5.41, 5.74) is 0. The highest BCUT2D eigenvalue weighted by Gasteiger charge is 1.97. The van der Waals surface area contributed by atoms with E-state index in [9.17, 15) is 0 Å². The van der Waals surface area contributed by atoms with Crippen molar-refractivity contribution in [1.82, 2.24) is 0 Å². The predicted molar refractivity (Wildman–Crippen MR) is 46.2 cm³/mol. The van der Waals surface area contributed by atoms with Crippen molar-refractivity contribution in [2.24, 2.45) is 0 Å². The number of rotatable bonds is 1. The summed E-state index contributed by atoms with van der Waals surface area (Å²) >= 11 is 0. The van der Waals surface area contributed by atoms with Gasteiger partial charge in [-0.1, -0.05) is 0 Å². The van der Waals surface area contributed by atoms with E-state index in [2.05, 4.69) is 28.1 Å². The highest BCUT2D eigenvalue weighted by molar-refractivity contribution is 4.06. The Morgan fingerprint density at radius 3 is 1.09 bits per heavy atom. The third-order valence-electron chi connectivity index (χ3n) is 0.949. The van der Waals surface area contributed by atoms with Crippen LogP contribution in [0.25, 0.3) is 0 Å². The van der Waals surface area contributed by atoms with Gasteiger partial charge in [-0.2, -0.15) is 0 Å². The van der Waals surface area contributed by atoms with Crippen molar-refractivity contribution in [1.29, 1.82) is 0 Å². The molecule has 0 fully saturated rings. The lowest BCUT2D eigenvalue weighted by Gasteiger charge is -2.20. The van der Waals surface area contributed by atoms with Gasteiger partial charge in [0.2, 0.25) is 0 Å². The molecule has 4 nitrogen and oxygen atoms in total. The molecular formula is C7H24N2O2. The molecule has 0 heterocycles. The molecule has 0 saturated carbocycles. The quantitative estimate of drug-likeness (QED) is 0.519. The summed E-state index contributed by atoms with van der Waals surface area (Å²) in [6, 6.07) is 0. The second kappa shape index (κ2) is 12.5. The zero-order valence-electron chi connectivity index (χ0n) is 8.63. The first kappa shape index (κ1) is 22.4. The predicted octanol–water partition coefficient (Wildman–Crippen LogP) is -0.832. The molecule has 0 atom stereocenters. The van der Waals surface area contributed by atoms with Crippen molar-refractivity contribution < 1.29 is 20.8 Å². The standard InChI is InChI=1S/C5H14N.C2H7N.2H2O/c1-5-6(2,3)4;1-3-2;;/h5H2,1-4H3;3H,1-2H3;2*1H2/q+1;;;/p-1. The summed E-state index contributed by atoms with van der Waals surface area (Å²) in [4.78, 5) is 0. The lowest BCUT2D eigenvalue weighted by atomic mass is 10.6. The van der Waals surface area contributed by atoms with E-state index in [0.717, 1.165) is 4.48 Å². The van der Waals surface area contributed by atoms with Crippen LogP contribution in [-0.4, -0.2) is 57.2 Å². The molecular weight excluding hydrogens is 144 g/mol. The van der Waals surface area contributed by atoms with Gasteiger partial charge in [-0.15, -0.1) is 0 Å². The van der Waals surface area contributed by atoms with Crippen molar-refractivity contribution in [3.63, 3.8) is 0 Å². The van der Waals surface area contributed by atoms with Crippen molar-refractivity contribution in [3.8, 4) is 0 Å². The van der Waals surface area contributed by atoms with E-state index in [4.69, 9.17) is 0 Å². The van der Waals surface area contributed by atoms with Crippen LogP contribution in [0.4, 0.5) is 0 Å². The van der Waals surface area contributed by atoms with Crippen LogP contribution >= 0.6 is 0 Å². The first-order chi connectivity index (χ1) is 3.97. The Morgan fingerprint density at radius 1 is 1.00 bits per heavy atom. The topological polar surface area (TPSA) is 76.6 Å². The molecule has 0 bridgehead atoms. The van der Waals surface area contributed by atoms with E-state index in [1.807, 2.05) is 19.4 Å². The average molecular weight is 168 g/mol. The Hall–Kier alpha value is -0.160. The molecule has 0 rings (SSSR count). The van der Waals surface area contributed by atoms with Crippen molar-refractivity contribution in [2.45, 2.75) is 6.92 Å². The Bertz CT molecular complexity index is 52.9. The van der Waals surface area contributed by atoms with Gasteiger partial charge >= 0.3 is 0 Å². The third kappa shape index (κ3) is 75.0. The van der Waals surface area contributed by atoms with E-state index in [1.54, 1.807) is 0 Å². The van der Waals surface area contributed by atoms with E-state index >= 15 is 0 Å². The number of hydrogen-bond acceptors (Lipinski definition) is 2. The summed E-state index contributed by atoms with van der Waals surface area (Å²) in [7, 11) is 10.5. The molecule has 0 aliphatic heterocycles. The monoisotopic (exact) mass is 168 g/mol. The van der Waals surface area contributed by atoms with Gasteiger partial charge in [-0.05, 0) is 6.92 Å². The summed E-state index contributed by atoms with van der Waals surface area (Å²) < 4.78 is 1.07. The van der Waals surface area contributed by atoms with E-state index in [1.165, 1.54) is 6.54 Å². The molecule has 0 aliphatic rings. The van der Waals surface area contributed by atoms with E-state index < -0.39 is 0 Å². The van der Waals surface area contributed by atoms with Gasteiger partial charge in [0, 0.05) is 0 Å². The van der Waals surface area contributed by atoms with Crippen LogP contribution in [0.15, 0.2) is 0 Å². The fraction of sp³-hybridized carbons (Fsp3) is 1.00. The van der Waals surface area contributed by atoms with Crippen molar-refractivity contribution in [3.05, 3.63) is 0 Å². The molecule has 0 saturated heterocycles. The maximum Gasteiger partial charge on any atom is 0.0751 e. The van der Waals surface area contributed by atoms with Crippen molar-refractivity contribution in [2.75, 3.05) is 41.8 Å². The zero-order chi connectivity index (χ0) is 7.91. The maximum atomic E-state index is 2.18. The Kier molecular flexibility index (Phi) is 25.5. The second-order valence-corrected chi connectivity index (χ2v) is 3.18. The SMILES string of the molecule is CC[N+](C)(C)C.C[NH2+]C.[OH-].[OH-]. The first-order valence-electron chi connectivity index (χ1n) is 3.52. The Labute approximate surface area is 70.4 Å². The van der Waals surface area contributed by atoms with Gasteiger partial charge in [0.15, 0.2) is 0 Å². The molecule has 4 heteroatoms. The average Bonchev–Trinajstić information content (AvgIpc) is 1.67. The molecule has 0 aliphatic carbocycles. The lowest BCUT2D eigenvalue weighted by Crippen LogP contribution is -2.74. The van der Waals surface area contributed by atoms with E-state index in [-0.39, 0.29) is 11.0 Å². The molecule has 0 radical (unpaired) electrons.